The highest BCUT2D eigenvalue weighted by molar-refractivity contribution is 6.30. The number of aliphatic hydroxyl groups is 1. The first-order chi connectivity index (χ1) is 9.79. The molecule has 6 heteroatoms. The van der Waals surface area contributed by atoms with Gasteiger partial charge in [0.05, 0.1) is 0 Å². The van der Waals surface area contributed by atoms with Crippen molar-refractivity contribution in [2.24, 2.45) is 11.7 Å². The lowest BCUT2D eigenvalue weighted by Crippen LogP contribution is -2.49. The van der Waals surface area contributed by atoms with Crippen molar-refractivity contribution in [2.75, 3.05) is 0 Å². The Balaban J connectivity index is 2.70. The molecule has 116 valence electrons. The monoisotopic (exact) mass is 312 g/mol. The van der Waals surface area contributed by atoms with Gasteiger partial charge in [-0.1, -0.05) is 37.6 Å². The fraction of sp³-hybridized carbons (Fsp3) is 0.467. The summed E-state index contributed by atoms with van der Waals surface area (Å²) in [4.78, 5) is 23.3. The molecule has 0 aliphatic carbocycles. The van der Waals surface area contributed by atoms with Crippen LogP contribution in [0.4, 0.5) is 0 Å². The maximum Gasteiger partial charge on any atom is 0.249 e. The Morgan fingerprint density at radius 1 is 1.38 bits per heavy atom. The number of primary amides is 1. The largest absolute Gasteiger partial charge is 0.383 e. The summed E-state index contributed by atoms with van der Waals surface area (Å²) < 4.78 is 0. The smallest absolute Gasteiger partial charge is 0.249 e. The Kier molecular flexibility index (Phi) is 6.65. The van der Waals surface area contributed by atoms with E-state index in [-0.39, 0.29) is 12.3 Å². The summed E-state index contributed by atoms with van der Waals surface area (Å²) in [5.41, 5.74) is 6.09. The molecule has 4 N–H and O–H groups in total. The Hall–Kier alpha value is -1.59. The lowest BCUT2D eigenvalue weighted by Gasteiger charge is -2.19. The Labute approximate surface area is 129 Å². The zero-order valence-electron chi connectivity index (χ0n) is 12.2. The summed E-state index contributed by atoms with van der Waals surface area (Å²) >= 11 is 5.88. The number of hydrogen-bond acceptors (Lipinski definition) is 3. The molecule has 0 spiro atoms. The first kappa shape index (κ1) is 17.5. The molecule has 1 rings (SSSR count). The van der Waals surface area contributed by atoms with E-state index in [1.807, 2.05) is 13.8 Å². The van der Waals surface area contributed by atoms with Gasteiger partial charge in [0.25, 0.3) is 0 Å². The Bertz CT molecular complexity index is 505. The molecule has 0 saturated heterocycles. The molecule has 1 aromatic carbocycles. The van der Waals surface area contributed by atoms with Gasteiger partial charge >= 0.3 is 0 Å². The summed E-state index contributed by atoms with van der Waals surface area (Å²) in [7, 11) is 0. The topological polar surface area (TPSA) is 92.4 Å². The average Bonchev–Trinajstić information content (AvgIpc) is 2.36. The van der Waals surface area contributed by atoms with Crippen molar-refractivity contribution in [1.82, 2.24) is 5.32 Å². The minimum atomic E-state index is -1.15. The Morgan fingerprint density at radius 3 is 2.57 bits per heavy atom. The summed E-state index contributed by atoms with van der Waals surface area (Å²) in [6.07, 6.45) is -0.587. The molecule has 0 fully saturated rings. The van der Waals surface area contributed by atoms with Gasteiger partial charge in [-0.2, -0.15) is 0 Å². The predicted molar refractivity (Wildman–Crippen MR) is 81.7 cm³/mol. The van der Waals surface area contributed by atoms with Crippen LogP contribution in [0.3, 0.4) is 0 Å². The molecule has 0 heterocycles. The number of carbonyl (C=O) groups excluding carboxylic acids is 2. The van der Waals surface area contributed by atoms with Crippen LogP contribution in [0.1, 0.15) is 25.8 Å². The van der Waals surface area contributed by atoms with Crippen molar-refractivity contribution in [3.63, 3.8) is 0 Å². The second kappa shape index (κ2) is 8.00. The molecule has 2 atom stereocenters. The van der Waals surface area contributed by atoms with Gasteiger partial charge in [-0.15, -0.1) is 0 Å². The summed E-state index contributed by atoms with van der Waals surface area (Å²) in [6, 6.07) is 6.09. The standard InChI is InChI=1S/C15H21ClN2O3/c1-9(2)6-13(19)15(21)18-12(14(17)20)8-10-4-3-5-11(16)7-10/h3-5,7,9,12-13,19H,6,8H2,1-2H3,(H2,17,20)(H,18,21)/t12-,13+/m0/s1. The van der Waals surface area contributed by atoms with E-state index in [1.165, 1.54) is 0 Å². The number of rotatable bonds is 7. The average molecular weight is 313 g/mol. The summed E-state index contributed by atoms with van der Waals surface area (Å²) in [6.45, 7) is 3.79. The first-order valence-corrected chi connectivity index (χ1v) is 7.19. The van der Waals surface area contributed by atoms with E-state index in [0.717, 1.165) is 5.56 Å². The van der Waals surface area contributed by atoms with Gasteiger partial charge in [0.2, 0.25) is 11.8 Å². The van der Waals surface area contributed by atoms with Crippen molar-refractivity contribution >= 4 is 23.4 Å². The van der Waals surface area contributed by atoms with Crippen LogP contribution in [0, 0.1) is 5.92 Å². The molecule has 21 heavy (non-hydrogen) atoms. The molecule has 0 aromatic heterocycles. The number of nitrogens with one attached hydrogen (secondary N) is 1. The molecule has 0 radical (unpaired) electrons. The second-order valence-corrected chi connectivity index (χ2v) is 5.88. The van der Waals surface area contributed by atoms with E-state index in [2.05, 4.69) is 5.32 Å². The third-order valence-electron chi connectivity index (χ3n) is 2.99. The highest BCUT2D eigenvalue weighted by atomic mass is 35.5. The second-order valence-electron chi connectivity index (χ2n) is 5.44. The van der Waals surface area contributed by atoms with Gasteiger partial charge in [0.1, 0.15) is 12.1 Å². The van der Waals surface area contributed by atoms with Crippen LogP contribution >= 0.6 is 11.6 Å². The first-order valence-electron chi connectivity index (χ1n) is 6.81. The molecule has 1 aromatic rings. The Morgan fingerprint density at radius 2 is 2.05 bits per heavy atom. The lowest BCUT2D eigenvalue weighted by atomic mass is 10.0. The van der Waals surface area contributed by atoms with E-state index in [9.17, 15) is 14.7 Å². The molecule has 2 amide bonds. The van der Waals surface area contributed by atoms with Crippen LogP contribution in [-0.4, -0.2) is 29.1 Å². The van der Waals surface area contributed by atoms with Crippen LogP contribution in [0.15, 0.2) is 24.3 Å². The van der Waals surface area contributed by atoms with Crippen LogP contribution in [0.2, 0.25) is 5.02 Å². The van der Waals surface area contributed by atoms with E-state index >= 15 is 0 Å². The molecule has 0 saturated carbocycles. The lowest BCUT2D eigenvalue weighted by molar-refractivity contribution is -0.133. The number of amides is 2. The minimum Gasteiger partial charge on any atom is -0.383 e. The quantitative estimate of drug-likeness (QED) is 0.707. The minimum absolute atomic E-state index is 0.172. The number of carbonyl (C=O) groups is 2. The zero-order valence-corrected chi connectivity index (χ0v) is 12.9. The van der Waals surface area contributed by atoms with Gasteiger partial charge < -0.3 is 16.2 Å². The van der Waals surface area contributed by atoms with Crippen molar-refractivity contribution in [3.05, 3.63) is 34.9 Å². The number of halogens is 1. The van der Waals surface area contributed by atoms with E-state index in [4.69, 9.17) is 17.3 Å². The summed E-state index contributed by atoms with van der Waals surface area (Å²) in [5.74, 6) is -1.07. The normalized spacial score (nSPS) is 13.8. The zero-order chi connectivity index (χ0) is 16.0. The van der Waals surface area contributed by atoms with Crippen LogP contribution in [-0.2, 0) is 16.0 Å². The maximum absolute atomic E-state index is 11.9. The van der Waals surface area contributed by atoms with E-state index < -0.39 is 24.0 Å². The third kappa shape index (κ3) is 6.14. The molecule has 5 nitrogen and oxygen atoms in total. The van der Waals surface area contributed by atoms with Crippen molar-refractivity contribution in [1.29, 1.82) is 0 Å². The van der Waals surface area contributed by atoms with Gasteiger partial charge in [0.15, 0.2) is 0 Å². The van der Waals surface area contributed by atoms with E-state index in [0.29, 0.717) is 11.4 Å². The molecular weight excluding hydrogens is 292 g/mol. The van der Waals surface area contributed by atoms with Crippen LogP contribution in [0.25, 0.3) is 0 Å². The van der Waals surface area contributed by atoms with Crippen molar-refractivity contribution in [3.8, 4) is 0 Å². The SMILES string of the molecule is CC(C)C[C@@H](O)C(=O)N[C@@H](Cc1cccc(Cl)c1)C(N)=O. The van der Waals surface area contributed by atoms with Gasteiger partial charge in [-0.05, 0) is 30.0 Å². The molecule has 0 aliphatic heterocycles. The number of hydrogen-bond donors (Lipinski definition) is 3. The maximum atomic E-state index is 11.9. The highest BCUT2D eigenvalue weighted by Crippen LogP contribution is 2.12. The van der Waals surface area contributed by atoms with Gasteiger partial charge in [0, 0.05) is 11.4 Å². The number of nitrogens with two attached hydrogens (primary N) is 1. The fourth-order valence-electron chi connectivity index (χ4n) is 1.94. The molecular formula is C15H21ClN2O3. The van der Waals surface area contributed by atoms with Crippen LogP contribution < -0.4 is 11.1 Å². The van der Waals surface area contributed by atoms with Gasteiger partial charge in [-0.25, -0.2) is 0 Å². The summed E-state index contributed by atoms with van der Waals surface area (Å²) in [5, 5.41) is 12.8. The van der Waals surface area contributed by atoms with Crippen LogP contribution in [0.5, 0.6) is 0 Å². The third-order valence-corrected chi connectivity index (χ3v) is 3.22. The van der Waals surface area contributed by atoms with Gasteiger partial charge in [-0.3, -0.25) is 9.59 Å². The van der Waals surface area contributed by atoms with Crippen molar-refractivity contribution < 1.29 is 14.7 Å². The molecule has 0 bridgehead atoms. The molecule has 0 unspecified atom stereocenters. The molecule has 0 aliphatic rings. The number of aliphatic hydroxyl groups excluding tert-OH is 1. The van der Waals surface area contributed by atoms with E-state index in [1.54, 1.807) is 24.3 Å². The predicted octanol–water partition coefficient (Wildman–Crippen LogP) is 1.26. The fourth-order valence-corrected chi connectivity index (χ4v) is 2.16. The van der Waals surface area contributed by atoms with Crippen molar-refractivity contribution in [2.45, 2.75) is 38.8 Å². The highest BCUT2D eigenvalue weighted by Gasteiger charge is 2.23. The number of benzene rings is 1.